The monoisotopic (exact) mass is 444 g/mol. The van der Waals surface area contributed by atoms with Crippen LogP contribution in [0.2, 0.25) is 0 Å². The Balaban J connectivity index is 1.86. The molecule has 0 aliphatic rings. The Kier molecular flexibility index (Phi) is 9.41. The van der Waals surface area contributed by atoms with Crippen molar-refractivity contribution in [1.82, 2.24) is 0 Å². The lowest BCUT2D eigenvalue weighted by Gasteiger charge is -2.04. The van der Waals surface area contributed by atoms with Crippen molar-refractivity contribution in [3.63, 3.8) is 0 Å². The van der Waals surface area contributed by atoms with E-state index in [2.05, 4.69) is 29.7 Å². The van der Waals surface area contributed by atoms with Crippen molar-refractivity contribution in [3.8, 4) is 17.6 Å². The average Bonchev–Trinajstić information content (AvgIpc) is 2.80. The van der Waals surface area contributed by atoms with E-state index in [4.69, 9.17) is 9.47 Å². The van der Waals surface area contributed by atoms with Gasteiger partial charge in [0.1, 0.15) is 5.75 Å². The van der Waals surface area contributed by atoms with E-state index >= 15 is 0 Å². The van der Waals surface area contributed by atoms with E-state index in [1.807, 2.05) is 36.4 Å². The molecule has 2 aromatic carbocycles. The number of carbonyl (C=O) groups is 3. The van der Waals surface area contributed by atoms with Crippen molar-refractivity contribution >= 4 is 23.8 Å². The molecule has 0 saturated carbocycles. The van der Waals surface area contributed by atoms with Crippen LogP contribution >= 0.6 is 0 Å². The van der Waals surface area contributed by atoms with E-state index in [1.54, 1.807) is 25.1 Å². The third-order valence-corrected chi connectivity index (χ3v) is 4.11. The molecule has 0 N–H and O–H groups in total. The summed E-state index contributed by atoms with van der Waals surface area (Å²) in [4.78, 5) is 34.4. The van der Waals surface area contributed by atoms with Gasteiger partial charge in [-0.15, -0.1) is 0 Å². The second kappa shape index (κ2) is 12.5. The van der Waals surface area contributed by atoms with Gasteiger partial charge in [0.15, 0.2) is 12.4 Å². The standard InChI is InChI=1S/C27H24O6/c1-19(2)25(28)17-31-24-14-11-23(12-15-24)10-7-21-5-8-22(9-6-21)13-16-26(29)32-18-33-27(30)20(3)4/h5-6,8-9,11-16H,1,3,17-18H2,2,4H3/b16-13+. The predicted octanol–water partition coefficient (Wildman–Crippen LogP) is 4.24. The fourth-order valence-electron chi connectivity index (χ4n) is 2.21. The Labute approximate surface area is 193 Å². The number of hydrogen-bond donors (Lipinski definition) is 0. The Morgan fingerprint density at radius 1 is 0.848 bits per heavy atom. The predicted molar refractivity (Wildman–Crippen MR) is 125 cm³/mol. The van der Waals surface area contributed by atoms with Gasteiger partial charge in [0, 0.05) is 22.8 Å². The fraction of sp³-hybridized carbons (Fsp3) is 0.148. The largest absolute Gasteiger partial charge is 0.485 e. The molecule has 0 unspecified atom stereocenters. The molecule has 6 heteroatoms. The molecule has 168 valence electrons. The summed E-state index contributed by atoms with van der Waals surface area (Å²) in [6.45, 7) is 9.66. The van der Waals surface area contributed by atoms with Crippen molar-refractivity contribution in [1.29, 1.82) is 0 Å². The lowest BCUT2D eigenvalue weighted by atomic mass is 10.1. The Morgan fingerprint density at radius 3 is 1.97 bits per heavy atom. The van der Waals surface area contributed by atoms with Crippen LogP contribution in [0.25, 0.3) is 6.08 Å². The van der Waals surface area contributed by atoms with Crippen molar-refractivity contribution < 1.29 is 28.6 Å². The average molecular weight is 444 g/mol. The molecule has 0 heterocycles. The summed E-state index contributed by atoms with van der Waals surface area (Å²) in [7, 11) is 0. The van der Waals surface area contributed by atoms with Crippen LogP contribution in [0.4, 0.5) is 0 Å². The zero-order chi connectivity index (χ0) is 24.2. The highest BCUT2D eigenvalue weighted by molar-refractivity contribution is 5.95. The van der Waals surface area contributed by atoms with Crippen molar-refractivity contribution in [3.05, 3.63) is 95.6 Å². The maximum atomic E-state index is 11.6. The normalized spacial score (nSPS) is 10.0. The molecule has 0 aliphatic carbocycles. The number of benzene rings is 2. The molecule has 2 aromatic rings. The molecule has 0 radical (unpaired) electrons. The van der Waals surface area contributed by atoms with Gasteiger partial charge in [-0.1, -0.05) is 37.1 Å². The first-order chi connectivity index (χ1) is 15.7. The highest BCUT2D eigenvalue weighted by Crippen LogP contribution is 2.12. The van der Waals surface area contributed by atoms with Crippen LogP contribution in [0.3, 0.4) is 0 Å². The fourth-order valence-corrected chi connectivity index (χ4v) is 2.21. The smallest absolute Gasteiger partial charge is 0.335 e. The molecule has 0 aliphatic heterocycles. The molecule has 33 heavy (non-hydrogen) atoms. The number of Topliss-reactive ketones (excluding diaryl/α,β-unsaturated/α-hetero) is 1. The van der Waals surface area contributed by atoms with Gasteiger partial charge in [-0.2, -0.15) is 0 Å². The molecule has 0 bridgehead atoms. The van der Waals surface area contributed by atoms with Crippen LogP contribution < -0.4 is 4.74 Å². The summed E-state index contributed by atoms with van der Waals surface area (Å²) < 4.78 is 14.9. The molecule has 6 nitrogen and oxygen atoms in total. The van der Waals surface area contributed by atoms with Gasteiger partial charge in [-0.3, -0.25) is 4.79 Å². The molecule has 0 atom stereocenters. The second-order valence-corrected chi connectivity index (χ2v) is 7.02. The molecule has 0 fully saturated rings. The highest BCUT2D eigenvalue weighted by Gasteiger charge is 2.05. The third-order valence-electron chi connectivity index (χ3n) is 4.11. The molecular weight excluding hydrogens is 420 g/mol. The highest BCUT2D eigenvalue weighted by atomic mass is 16.7. The summed E-state index contributed by atoms with van der Waals surface area (Å²) in [6.07, 6.45) is 2.82. The van der Waals surface area contributed by atoms with Crippen LogP contribution in [0.1, 0.15) is 30.5 Å². The number of hydrogen-bond acceptors (Lipinski definition) is 6. The number of esters is 2. The van der Waals surface area contributed by atoms with Gasteiger partial charge in [-0.25, -0.2) is 9.59 Å². The van der Waals surface area contributed by atoms with Gasteiger partial charge >= 0.3 is 11.9 Å². The molecular formula is C27H24O6. The lowest BCUT2D eigenvalue weighted by molar-refractivity contribution is -0.160. The van der Waals surface area contributed by atoms with Crippen LogP contribution in [0.5, 0.6) is 5.75 Å². The Hall–Kier alpha value is -4.37. The summed E-state index contributed by atoms with van der Waals surface area (Å²) in [5, 5.41) is 0. The topological polar surface area (TPSA) is 78.9 Å². The van der Waals surface area contributed by atoms with E-state index in [-0.39, 0.29) is 18.0 Å². The van der Waals surface area contributed by atoms with Crippen LogP contribution in [-0.2, 0) is 23.9 Å². The molecule has 0 aromatic heterocycles. The zero-order valence-corrected chi connectivity index (χ0v) is 18.6. The van der Waals surface area contributed by atoms with Crippen molar-refractivity contribution in [2.75, 3.05) is 13.4 Å². The SMILES string of the molecule is C=C(C)C(=O)COc1ccc(C#Cc2ccc(/C=C/C(=O)OCOC(=O)C(=C)C)cc2)cc1. The molecule has 0 saturated heterocycles. The summed E-state index contributed by atoms with van der Waals surface area (Å²) >= 11 is 0. The summed E-state index contributed by atoms with van der Waals surface area (Å²) in [5.41, 5.74) is 3.06. The number of rotatable bonds is 9. The van der Waals surface area contributed by atoms with Gasteiger partial charge in [-0.05, 0) is 67.5 Å². The minimum atomic E-state index is -0.634. The van der Waals surface area contributed by atoms with Crippen LogP contribution in [0.15, 0.2) is 78.9 Å². The minimum Gasteiger partial charge on any atom is -0.485 e. The lowest BCUT2D eigenvalue weighted by Crippen LogP contribution is -2.11. The van der Waals surface area contributed by atoms with Gasteiger partial charge in [0.2, 0.25) is 6.79 Å². The first-order valence-electron chi connectivity index (χ1n) is 9.95. The van der Waals surface area contributed by atoms with E-state index in [0.717, 1.165) is 16.7 Å². The Morgan fingerprint density at radius 2 is 1.42 bits per heavy atom. The molecule has 0 spiro atoms. The van der Waals surface area contributed by atoms with Crippen LogP contribution in [-0.4, -0.2) is 31.1 Å². The van der Waals surface area contributed by atoms with Gasteiger partial charge in [0.05, 0.1) is 0 Å². The maximum Gasteiger partial charge on any atom is 0.335 e. The van der Waals surface area contributed by atoms with Gasteiger partial charge in [0.25, 0.3) is 0 Å². The van der Waals surface area contributed by atoms with E-state index in [1.165, 1.54) is 13.0 Å². The first kappa shape index (κ1) is 24.9. The second-order valence-electron chi connectivity index (χ2n) is 7.02. The third kappa shape index (κ3) is 9.11. The van der Waals surface area contributed by atoms with Gasteiger partial charge < -0.3 is 14.2 Å². The quantitative estimate of drug-likeness (QED) is 0.249. The summed E-state index contributed by atoms with van der Waals surface area (Å²) in [6, 6.07) is 14.4. The van der Waals surface area contributed by atoms with E-state index in [9.17, 15) is 14.4 Å². The molecule has 0 amide bonds. The minimum absolute atomic E-state index is 0.0403. The maximum absolute atomic E-state index is 11.6. The zero-order valence-electron chi connectivity index (χ0n) is 18.6. The summed E-state index contributed by atoms with van der Waals surface area (Å²) in [5.74, 6) is 5.30. The Bertz CT molecular complexity index is 1130. The van der Waals surface area contributed by atoms with Crippen molar-refractivity contribution in [2.45, 2.75) is 13.8 Å². The number of ketones is 1. The van der Waals surface area contributed by atoms with Crippen LogP contribution in [0, 0.1) is 11.8 Å². The number of carbonyl (C=O) groups excluding carboxylic acids is 3. The van der Waals surface area contributed by atoms with Crippen molar-refractivity contribution in [2.24, 2.45) is 0 Å². The first-order valence-corrected chi connectivity index (χ1v) is 9.95. The van der Waals surface area contributed by atoms with E-state index < -0.39 is 18.7 Å². The number of ether oxygens (including phenoxy) is 3. The molecule has 2 rings (SSSR count). The van der Waals surface area contributed by atoms with E-state index in [0.29, 0.717) is 11.3 Å².